The quantitative estimate of drug-likeness (QED) is 0.445. The summed E-state index contributed by atoms with van der Waals surface area (Å²) in [6.45, 7) is 2.06. The van der Waals surface area contributed by atoms with E-state index in [2.05, 4.69) is 22.2 Å². The number of nitrogens with zero attached hydrogens (tertiary/aromatic N) is 2. The highest BCUT2D eigenvalue weighted by Crippen LogP contribution is 2.23. The molecule has 1 amide bonds. The highest BCUT2D eigenvalue weighted by Gasteiger charge is 2.15. The molecule has 0 radical (unpaired) electrons. The summed E-state index contributed by atoms with van der Waals surface area (Å²) in [6.07, 6.45) is 2.31. The molecule has 1 heterocycles. The minimum Gasteiger partial charge on any atom is -0.321 e. The molecule has 1 aromatic heterocycles. The van der Waals surface area contributed by atoms with Gasteiger partial charge in [0.05, 0.1) is 11.2 Å². The predicted octanol–water partition coefficient (Wildman–Crippen LogP) is 5.38. The topological polar surface area (TPSA) is 54.9 Å². The Bertz CT molecular complexity index is 950. The van der Waals surface area contributed by atoms with E-state index in [9.17, 15) is 9.18 Å². The van der Waals surface area contributed by atoms with Gasteiger partial charge in [0.25, 0.3) is 5.91 Å². The Morgan fingerprint density at radius 2 is 1.93 bits per heavy atom. The first-order valence-electron chi connectivity index (χ1n) is 8.36. The summed E-state index contributed by atoms with van der Waals surface area (Å²) >= 11 is 7.33. The lowest BCUT2D eigenvalue weighted by atomic mass is 10.1. The van der Waals surface area contributed by atoms with Gasteiger partial charge in [0.2, 0.25) is 0 Å². The Balaban J connectivity index is 1.72. The third-order valence-electron chi connectivity index (χ3n) is 3.87. The van der Waals surface area contributed by atoms with Gasteiger partial charge >= 0.3 is 0 Å². The summed E-state index contributed by atoms with van der Waals surface area (Å²) in [5.41, 5.74) is 2.47. The number of amides is 1. The summed E-state index contributed by atoms with van der Waals surface area (Å²) in [4.78, 5) is 20.9. The van der Waals surface area contributed by atoms with Crippen LogP contribution in [0.3, 0.4) is 0 Å². The van der Waals surface area contributed by atoms with E-state index in [1.807, 2.05) is 24.3 Å². The summed E-state index contributed by atoms with van der Waals surface area (Å²) in [6, 6.07) is 14.1. The number of halogens is 2. The molecule has 0 aliphatic rings. The summed E-state index contributed by atoms with van der Waals surface area (Å²) in [5, 5.41) is 3.29. The van der Waals surface area contributed by atoms with Crippen LogP contribution >= 0.6 is 23.4 Å². The average Bonchev–Trinajstić information content (AvgIpc) is 2.69. The molecule has 3 rings (SSSR count). The number of aromatic nitrogens is 2. The van der Waals surface area contributed by atoms with Crippen molar-refractivity contribution < 1.29 is 9.18 Å². The van der Waals surface area contributed by atoms with Crippen molar-refractivity contribution in [2.75, 3.05) is 5.32 Å². The van der Waals surface area contributed by atoms with Gasteiger partial charge in [-0.3, -0.25) is 4.79 Å². The highest BCUT2D eigenvalue weighted by atomic mass is 35.5. The van der Waals surface area contributed by atoms with Crippen LogP contribution in [0.25, 0.3) is 0 Å². The lowest BCUT2D eigenvalue weighted by molar-refractivity contribution is 0.102. The zero-order chi connectivity index (χ0) is 19.2. The fourth-order valence-corrected chi connectivity index (χ4v) is 3.33. The molecule has 1 N–H and O–H groups in total. The summed E-state index contributed by atoms with van der Waals surface area (Å²) in [5.74, 6) is -0.347. The van der Waals surface area contributed by atoms with Crippen molar-refractivity contribution >= 4 is 35.0 Å². The van der Waals surface area contributed by atoms with Crippen molar-refractivity contribution in [3.63, 3.8) is 0 Å². The number of hydrogen-bond donors (Lipinski definition) is 1. The normalized spacial score (nSPS) is 10.6. The molecule has 138 valence electrons. The van der Waals surface area contributed by atoms with Gasteiger partial charge in [0.1, 0.15) is 5.82 Å². The van der Waals surface area contributed by atoms with Gasteiger partial charge in [-0.25, -0.2) is 14.4 Å². The molecule has 0 aliphatic carbocycles. The number of nitrogens with one attached hydrogen (secondary N) is 1. The molecule has 2 aromatic carbocycles. The number of rotatable bonds is 6. The number of carbonyl (C=O) groups is 1. The molecule has 0 atom stereocenters. The number of benzene rings is 2. The van der Waals surface area contributed by atoms with Gasteiger partial charge in [0, 0.05) is 11.4 Å². The van der Waals surface area contributed by atoms with Crippen LogP contribution in [-0.4, -0.2) is 15.9 Å². The van der Waals surface area contributed by atoms with Crippen molar-refractivity contribution in [2.45, 2.75) is 24.3 Å². The van der Waals surface area contributed by atoms with Crippen LogP contribution in [0, 0.1) is 5.82 Å². The van der Waals surface area contributed by atoms with Gasteiger partial charge in [-0.1, -0.05) is 60.6 Å². The number of anilines is 1. The molecule has 0 saturated carbocycles. The van der Waals surface area contributed by atoms with E-state index in [0.717, 1.165) is 6.42 Å². The molecule has 0 bridgehead atoms. The fraction of sp³-hybridized carbons (Fsp3) is 0.150. The zero-order valence-corrected chi connectivity index (χ0v) is 16.1. The fourth-order valence-electron chi connectivity index (χ4n) is 2.35. The van der Waals surface area contributed by atoms with Crippen LogP contribution in [0.4, 0.5) is 10.1 Å². The van der Waals surface area contributed by atoms with E-state index in [1.54, 1.807) is 18.2 Å². The van der Waals surface area contributed by atoms with Crippen molar-refractivity contribution in [3.05, 3.63) is 82.4 Å². The third-order valence-corrected chi connectivity index (χ3v) is 5.06. The lowest BCUT2D eigenvalue weighted by Gasteiger charge is -2.08. The minimum absolute atomic E-state index is 0.0854. The highest BCUT2D eigenvalue weighted by molar-refractivity contribution is 7.98. The van der Waals surface area contributed by atoms with Crippen molar-refractivity contribution in [1.82, 2.24) is 9.97 Å². The molecule has 0 aliphatic heterocycles. The minimum atomic E-state index is -0.417. The maximum absolute atomic E-state index is 13.7. The largest absolute Gasteiger partial charge is 0.321 e. The van der Waals surface area contributed by atoms with Crippen LogP contribution in [0.1, 0.15) is 28.5 Å². The monoisotopic (exact) mass is 401 g/mol. The first kappa shape index (κ1) is 19.3. The second-order valence-electron chi connectivity index (χ2n) is 5.73. The van der Waals surface area contributed by atoms with Crippen LogP contribution in [0.2, 0.25) is 5.02 Å². The standard InChI is InChI=1S/C20H17ClFN3OS/c1-2-13-7-9-15(10-8-13)24-19(26)18-16(21)11-23-20(25-18)27-12-14-5-3-4-6-17(14)22/h3-11H,2,12H2,1H3,(H,24,26). The lowest BCUT2D eigenvalue weighted by Crippen LogP contribution is -2.15. The molecule has 27 heavy (non-hydrogen) atoms. The van der Waals surface area contributed by atoms with Gasteiger partial charge in [0.15, 0.2) is 10.9 Å². The van der Waals surface area contributed by atoms with Crippen LogP contribution in [-0.2, 0) is 12.2 Å². The van der Waals surface area contributed by atoms with Crippen molar-refractivity contribution in [1.29, 1.82) is 0 Å². The Labute approximate surface area is 166 Å². The molecule has 0 fully saturated rings. The second kappa shape index (κ2) is 8.97. The number of thioether (sulfide) groups is 1. The number of hydrogen-bond acceptors (Lipinski definition) is 4. The smallest absolute Gasteiger partial charge is 0.275 e. The molecular formula is C20H17ClFN3OS. The van der Waals surface area contributed by atoms with Crippen LogP contribution < -0.4 is 5.32 Å². The zero-order valence-electron chi connectivity index (χ0n) is 14.6. The van der Waals surface area contributed by atoms with E-state index in [4.69, 9.17) is 11.6 Å². The van der Waals surface area contributed by atoms with E-state index in [-0.39, 0.29) is 16.5 Å². The first-order valence-corrected chi connectivity index (χ1v) is 9.72. The Morgan fingerprint density at radius 1 is 1.19 bits per heavy atom. The maximum atomic E-state index is 13.7. The Morgan fingerprint density at radius 3 is 2.63 bits per heavy atom. The van der Waals surface area contributed by atoms with Gasteiger partial charge < -0.3 is 5.32 Å². The molecule has 3 aromatic rings. The van der Waals surface area contributed by atoms with E-state index >= 15 is 0 Å². The SMILES string of the molecule is CCc1ccc(NC(=O)c2nc(SCc3ccccc3F)ncc2Cl)cc1. The molecule has 0 saturated heterocycles. The van der Waals surface area contributed by atoms with Gasteiger partial charge in [-0.15, -0.1) is 0 Å². The van der Waals surface area contributed by atoms with Crippen molar-refractivity contribution in [2.24, 2.45) is 0 Å². The van der Waals surface area contributed by atoms with E-state index in [0.29, 0.717) is 22.2 Å². The Kier molecular flexibility index (Phi) is 6.42. The molecule has 4 nitrogen and oxygen atoms in total. The van der Waals surface area contributed by atoms with Gasteiger partial charge in [-0.05, 0) is 35.7 Å². The van der Waals surface area contributed by atoms with Crippen LogP contribution in [0.5, 0.6) is 0 Å². The average molecular weight is 402 g/mol. The molecule has 7 heteroatoms. The molecule has 0 unspecified atom stereocenters. The summed E-state index contributed by atoms with van der Waals surface area (Å²) in [7, 11) is 0. The maximum Gasteiger partial charge on any atom is 0.275 e. The molecule has 0 spiro atoms. The second-order valence-corrected chi connectivity index (χ2v) is 7.08. The number of carbonyl (C=O) groups excluding carboxylic acids is 1. The predicted molar refractivity (Wildman–Crippen MR) is 107 cm³/mol. The third kappa shape index (κ3) is 5.05. The van der Waals surface area contributed by atoms with Crippen LogP contribution in [0.15, 0.2) is 59.9 Å². The Hall–Kier alpha value is -2.44. The van der Waals surface area contributed by atoms with Gasteiger partial charge in [-0.2, -0.15) is 0 Å². The van der Waals surface area contributed by atoms with Crippen molar-refractivity contribution in [3.8, 4) is 0 Å². The van der Waals surface area contributed by atoms with E-state index < -0.39 is 5.91 Å². The first-order chi connectivity index (χ1) is 13.1. The molecular weight excluding hydrogens is 385 g/mol. The van der Waals surface area contributed by atoms with E-state index in [1.165, 1.54) is 29.6 Å². The summed E-state index contributed by atoms with van der Waals surface area (Å²) < 4.78 is 13.7. The number of aryl methyl sites for hydroxylation is 1.